The van der Waals surface area contributed by atoms with E-state index in [-0.39, 0.29) is 0 Å². The van der Waals surface area contributed by atoms with Gasteiger partial charge in [0, 0.05) is 18.7 Å². The summed E-state index contributed by atoms with van der Waals surface area (Å²) in [5, 5.41) is 0. The van der Waals surface area contributed by atoms with Crippen molar-refractivity contribution in [2.45, 2.75) is 20.4 Å². The molecule has 8 nitrogen and oxygen atoms in total. The number of hydrogen-bond donors (Lipinski definition) is 2. The second-order valence-corrected chi connectivity index (χ2v) is 5.32. The topological polar surface area (TPSA) is 86.1 Å². The van der Waals surface area contributed by atoms with Gasteiger partial charge >= 0.3 is 0 Å². The number of methoxy groups -OCH3 is 2. The van der Waals surface area contributed by atoms with Crippen molar-refractivity contribution in [3.63, 3.8) is 0 Å². The normalized spacial score (nSPS) is 10.9. The third kappa shape index (κ3) is 3.20. The Bertz CT molecular complexity index is 877. The molecule has 0 aliphatic rings. The number of rotatable bonds is 7. The average Bonchev–Trinajstić information content (AvgIpc) is 3.08. The molecule has 0 atom stereocenters. The molecule has 3 rings (SSSR count). The highest BCUT2D eigenvalue weighted by atomic mass is 16.5. The molecule has 0 spiro atoms. The predicted molar refractivity (Wildman–Crippen MR) is 96.8 cm³/mol. The summed E-state index contributed by atoms with van der Waals surface area (Å²) in [6, 6.07) is 5.62. The SMILES string of the molecule is CCNNc1nc(-c2ccc(OC)c(OC)c2)nc2c1ncn2CC. The van der Waals surface area contributed by atoms with Crippen LogP contribution in [0.25, 0.3) is 22.6 Å². The van der Waals surface area contributed by atoms with Crippen molar-refractivity contribution in [2.24, 2.45) is 0 Å². The largest absolute Gasteiger partial charge is 0.493 e. The molecule has 2 N–H and O–H groups in total. The number of aromatic nitrogens is 4. The molecule has 8 heteroatoms. The van der Waals surface area contributed by atoms with E-state index in [0.29, 0.717) is 23.1 Å². The van der Waals surface area contributed by atoms with Gasteiger partial charge in [0.1, 0.15) is 0 Å². The number of hydrazine groups is 1. The standard InChI is InChI=1S/C17H22N6O2/c1-5-19-22-16-14-17(23(6-2)10-18-14)21-15(20-16)11-7-8-12(24-3)13(9-11)25-4/h7-10,19H,5-6H2,1-4H3,(H,20,21,22). The Morgan fingerprint density at radius 3 is 2.56 bits per heavy atom. The summed E-state index contributed by atoms with van der Waals surface area (Å²) in [6.07, 6.45) is 1.77. The maximum Gasteiger partial charge on any atom is 0.172 e. The molecular weight excluding hydrogens is 320 g/mol. The van der Waals surface area contributed by atoms with Crippen LogP contribution in [0.2, 0.25) is 0 Å². The van der Waals surface area contributed by atoms with Crippen LogP contribution in [0.4, 0.5) is 5.82 Å². The fourth-order valence-electron chi connectivity index (χ4n) is 2.54. The Morgan fingerprint density at radius 1 is 1.08 bits per heavy atom. The number of nitrogens with one attached hydrogen (secondary N) is 2. The number of imidazole rings is 1. The lowest BCUT2D eigenvalue weighted by atomic mass is 10.2. The van der Waals surface area contributed by atoms with Gasteiger partial charge in [0.05, 0.1) is 20.5 Å². The first-order valence-electron chi connectivity index (χ1n) is 8.15. The van der Waals surface area contributed by atoms with Gasteiger partial charge in [-0.05, 0) is 25.1 Å². The Hall–Kier alpha value is -2.87. The summed E-state index contributed by atoms with van der Waals surface area (Å²) >= 11 is 0. The molecule has 2 aromatic heterocycles. The Labute approximate surface area is 146 Å². The molecule has 1 aromatic carbocycles. The Morgan fingerprint density at radius 2 is 1.88 bits per heavy atom. The number of aryl methyl sites for hydroxylation is 1. The molecule has 0 bridgehead atoms. The molecule has 0 saturated heterocycles. The van der Waals surface area contributed by atoms with Crippen molar-refractivity contribution in [3.05, 3.63) is 24.5 Å². The van der Waals surface area contributed by atoms with E-state index in [9.17, 15) is 0 Å². The summed E-state index contributed by atoms with van der Waals surface area (Å²) in [4.78, 5) is 13.8. The third-order valence-corrected chi connectivity index (χ3v) is 3.83. The summed E-state index contributed by atoms with van der Waals surface area (Å²) in [5.41, 5.74) is 8.52. The maximum atomic E-state index is 5.38. The van der Waals surface area contributed by atoms with E-state index in [1.807, 2.05) is 29.7 Å². The summed E-state index contributed by atoms with van der Waals surface area (Å²) < 4.78 is 12.7. The predicted octanol–water partition coefficient (Wildman–Crippen LogP) is 2.47. The fraction of sp³-hybridized carbons (Fsp3) is 0.353. The number of anilines is 1. The van der Waals surface area contributed by atoms with Gasteiger partial charge in [-0.2, -0.15) is 0 Å². The smallest absolute Gasteiger partial charge is 0.172 e. The molecule has 0 amide bonds. The van der Waals surface area contributed by atoms with Crippen molar-refractivity contribution in [1.29, 1.82) is 0 Å². The molecule has 0 aliphatic carbocycles. The summed E-state index contributed by atoms with van der Waals surface area (Å²) in [5.74, 6) is 2.53. The van der Waals surface area contributed by atoms with Crippen LogP contribution in [0.3, 0.4) is 0 Å². The van der Waals surface area contributed by atoms with Crippen LogP contribution >= 0.6 is 0 Å². The Balaban J connectivity index is 2.15. The van der Waals surface area contributed by atoms with Crippen molar-refractivity contribution in [2.75, 3.05) is 26.2 Å². The molecule has 0 aliphatic heterocycles. The highest BCUT2D eigenvalue weighted by Crippen LogP contribution is 2.32. The van der Waals surface area contributed by atoms with E-state index in [2.05, 4.69) is 27.7 Å². The molecule has 0 radical (unpaired) electrons. The number of fused-ring (bicyclic) bond motifs is 1. The number of hydrogen-bond acceptors (Lipinski definition) is 7. The first kappa shape index (κ1) is 17.0. The zero-order valence-electron chi connectivity index (χ0n) is 14.8. The van der Waals surface area contributed by atoms with E-state index >= 15 is 0 Å². The van der Waals surface area contributed by atoms with Crippen molar-refractivity contribution < 1.29 is 9.47 Å². The second-order valence-electron chi connectivity index (χ2n) is 5.32. The van der Waals surface area contributed by atoms with Gasteiger partial charge in [0.25, 0.3) is 0 Å². The quantitative estimate of drug-likeness (QED) is 0.638. The fourth-order valence-corrected chi connectivity index (χ4v) is 2.54. The highest BCUT2D eigenvalue weighted by Gasteiger charge is 2.15. The van der Waals surface area contributed by atoms with E-state index in [1.54, 1.807) is 20.5 Å². The summed E-state index contributed by atoms with van der Waals surface area (Å²) in [6.45, 7) is 5.59. The molecule has 0 fully saturated rings. The van der Waals surface area contributed by atoms with Crippen molar-refractivity contribution in [3.8, 4) is 22.9 Å². The molecular formula is C17H22N6O2. The zero-order valence-corrected chi connectivity index (χ0v) is 14.8. The minimum absolute atomic E-state index is 0.587. The van der Waals surface area contributed by atoms with E-state index in [0.717, 1.165) is 29.8 Å². The number of benzene rings is 1. The first-order chi connectivity index (χ1) is 12.2. The van der Waals surface area contributed by atoms with Gasteiger partial charge in [0.2, 0.25) is 0 Å². The van der Waals surface area contributed by atoms with E-state index in [1.165, 1.54) is 0 Å². The van der Waals surface area contributed by atoms with E-state index in [4.69, 9.17) is 14.5 Å². The molecule has 2 heterocycles. The summed E-state index contributed by atoms with van der Waals surface area (Å²) in [7, 11) is 3.22. The lowest BCUT2D eigenvalue weighted by Crippen LogP contribution is -2.22. The molecule has 0 saturated carbocycles. The maximum absolute atomic E-state index is 5.38. The molecule has 25 heavy (non-hydrogen) atoms. The molecule has 3 aromatic rings. The third-order valence-electron chi connectivity index (χ3n) is 3.83. The Kier molecular flexibility index (Phi) is 4.99. The first-order valence-corrected chi connectivity index (χ1v) is 8.15. The number of nitrogens with zero attached hydrogens (tertiary/aromatic N) is 4. The van der Waals surface area contributed by atoms with Crippen LogP contribution in [-0.4, -0.2) is 40.3 Å². The van der Waals surface area contributed by atoms with Crippen LogP contribution in [0, 0.1) is 0 Å². The minimum atomic E-state index is 0.587. The lowest BCUT2D eigenvalue weighted by molar-refractivity contribution is 0.355. The van der Waals surface area contributed by atoms with Crippen LogP contribution in [0.5, 0.6) is 11.5 Å². The van der Waals surface area contributed by atoms with E-state index < -0.39 is 0 Å². The van der Waals surface area contributed by atoms with Crippen molar-refractivity contribution in [1.82, 2.24) is 24.9 Å². The van der Waals surface area contributed by atoms with Crippen LogP contribution < -0.4 is 20.3 Å². The zero-order chi connectivity index (χ0) is 17.8. The highest BCUT2D eigenvalue weighted by molar-refractivity contribution is 5.85. The molecule has 0 unspecified atom stereocenters. The average molecular weight is 342 g/mol. The lowest BCUT2D eigenvalue weighted by Gasteiger charge is -2.11. The monoisotopic (exact) mass is 342 g/mol. The van der Waals surface area contributed by atoms with Crippen LogP contribution in [0.1, 0.15) is 13.8 Å². The van der Waals surface area contributed by atoms with Gasteiger partial charge in [-0.15, -0.1) is 0 Å². The van der Waals surface area contributed by atoms with Crippen molar-refractivity contribution >= 4 is 17.0 Å². The number of ether oxygens (including phenoxy) is 2. The van der Waals surface area contributed by atoms with Crippen LogP contribution in [0.15, 0.2) is 24.5 Å². The van der Waals surface area contributed by atoms with Crippen LogP contribution in [-0.2, 0) is 6.54 Å². The van der Waals surface area contributed by atoms with Gasteiger partial charge in [-0.25, -0.2) is 20.4 Å². The van der Waals surface area contributed by atoms with Gasteiger partial charge < -0.3 is 19.5 Å². The second kappa shape index (κ2) is 7.35. The van der Waals surface area contributed by atoms with Gasteiger partial charge in [-0.3, -0.25) is 0 Å². The van der Waals surface area contributed by atoms with Gasteiger partial charge in [-0.1, -0.05) is 6.92 Å². The van der Waals surface area contributed by atoms with Gasteiger partial charge in [0.15, 0.2) is 34.3 Å². The minimum Gasteiger partial charge on any atom is -0.493 e. The molecule has 132 valence electrons.